The van der Waals surface area contributed by atoms with Gasteiger partial charge in [-0.05, 0) is 41.1 Å². The van der Waals surface area contributed by atoms with Gasteiger partial charge in [-0.3, -0.25) is 0 Å². The number of benzene rings is 2. The molecule has 0 fully saturated rings. The topological polar surface area (TPSA) is 62.1 Å². The minimum atomic E-state index is 0.337. The normalized spacial score (nSPS) is 11.4. The van der Waals surface area contributed by atoms with E-state index in [0.717, 1.165) is 11.3 Å². The van der Waals surface area contributed by atoms with Crippen LogP contribution in [-0.4, -0.2) is 27.3 Å². The monoisotopic (exact) mass is 376 g/mol. The second-order valence-electron chi connectivity index (χ2n) is 5.01. The summed E-state index contributed by atoms with van der Waals surface area (Å²) in [5.41, 5.74) is 1.65. The van der Waals surface area contributed by atoms with Gasteiger partial charge in [-0.25, -0.2) is 0 Å². The fourth-order valence-electron chi connectivity index (χ4n) is 2.10. The molecule has 0 N–H and O–H groups in total. The number of methoxy groups -OCH3 is 1. The van der Waals surface area contributed by atoms with Crippen LogP contribution in [0.2, 0.25) is 10.0 Å². The molecule has 0 aliphatic carbocycles. The largest absolute Gasteiger partial charge is 0.497 e. The van der Waals surface area contributed by atoms with E-state index >= 15 is 0 Å². The summed E-state index contributed by atoms with van der Waals surface area (Å²) in [4.78, 5) is 1.30. The second kappa shape index (κ2) is 8.00. The van der Waals surface area contributed by atoms with Gasteiger partial charge in [-0.1, -0.05) is 35.3 Å². The van der Waals surface area contributed by atoms with Crippen LogP contribution in [0.25, 0.3) is 12.0 Å². The molecule has 0 amide bonds. The molecule has 8 heteroatoms. The van der Waals surface area contributed by atoms with Crippen LogP contribution in [0.4, 0.5) is 0 Å². The lowest BCUT2D eigenvalue weighted by Crippen LogP contribution is -2.00. The average Bonchev–Trinajstić information content (AvgIpc) is 3.12. The van der Waals surface area contributed by atoms with Gasteiger partial charge in [0.25, 0.3) is 0 Å². The van der Waals surface area contributed by atoms with E-state index in [9.17, 15) is 0 Å². The van der Waals surface area contributed by atoms with Crippen LogP contribution in [0.1, 0.15) is 11.1 Å². The molecule has 0 atom stereocenters. The van der Waals surface area contributed by atoms with Crippen LogP contribution in [-0.2, 0) is 11.3 Å². The molecule has 0 spiro atoms. The summed E-state index contributed by atoms with van der Waals surface area (Å²) in [6, 6.07) is 12.8. The van der Waals surface area contributed by atoms with E-state index < -0.39 is 0 Å². The molecule has 0 aliphatic heterocycles. The highest BCUT2D eigenvalue weighted by Gasteiger charge is 2.10. The zero-order valence-corrected chi connectivity index (χ0v) is 14.8. The summed E-state index contributed by atoms with van der Waals surface area (Å²) in [6.45, 7) is 0.337. The van der Waals surface area contributed by atoms with Gasteiger partial charge in [-0.15, -0.1) is 15.0 Å². The lowest BCUT2D eigenvalue weighted by molar-refractivity contribution is 0.265. The molecule has 0 bridgehead atoms. The highest BCUT2D eigenvalue weighted by atomic mass is 35.5. The van der Waals surface area contributed by atoms with Crippen molar-refractivity contribution in [1.29, 1.82) is 0 Å². The van der Waals surface area contributed by atoms with Gasteiger partial charge >= 0.3 is 0 Å². The van der Waals surface area contributed by atoms with Gasteiger partial charge in [-0.2, -0.15) is 0 Å². The Morgan fingerprint density at radius 3 is 2.60 bits per heavy atom. The summed E-state index contributed by atoms with van der Waals surface area (Å²) in [5.74, 6) is 1.28. The Hall–Kier alpha value is -2.57. The van der Waals surface area contributed by atoms with E-state index in [4.69, 9.17) is 32.7 Å². The molecule has 1 heterocycles. The quantitative estimate of drug-likeness (QED) is 0.604. The maximum atomic E-state index is 6.30. The molecule has 2 aromatic carbocycles. The standard InChI is InChI=1S/C17H14Cl2N4O2/c1-24-14-5-2-12(3-6-14)10-25-17(9-23-21-11-20-22-23)15-7-4-13(18)8-16(15)19/h2-9,11H,10H2,1H3/b17-9+. The van der Waals surface area contributed by atoms with E-state index in [1.165, 1.54) is 11.1 Å². The first-order valence-corrected chi connectivity index (χ1v) is 8.07. The molecule has 0 unspecified atom stereocenters. The minimum Gasteiger partial charge on any atom is -0.497 e. The van der Waals surface area contributed by atoms with Crippen molar-refractivity contribution in [3.8, 4) is 5.75 Å². The Morgan fingerprint density at radius 1 is 1.16 bits per heavy atom. The Morgan fingerprint density at radius 2 is 1.96 bits per heavy atom. The Labute approximate surface area is 154 Å². The van der Waals surface area contributed by atoms with Crippen molar-refractivity contribution in [3.63, 3.8) is 0 Å². The SMILES string of the molecule is COc1ccc(CO/C(=C/n2ncnn2)c2ccc(Cl)cc2Cl)cc1. The number of ether oxygens (including phenoxy) is 2. The van der Waals surface area contributed by atoms with Gasteiger partial charge in [0.05, 0.1) is 18.3 Å². The smallest absolute Gasteiger partial charge is 0.162 e. The van der Waals surface area contributed by atoms with Crippen LogP contribution >= 0.6 is 23.2 Å². The van der Waals surface area contributed by atoms with Crippen molar-refractivity contribution < 1.29 is 9.47 Å². The van der Waals surface area contributed by atoms with Crippen molar-refractivity contribution in [2.45, 2.75) is 6.61 Å². The molecule has 6 nitrogen and oxygen atoms in total. The predicted octanol–water partition coefficient (Wildman–Crippen LogP) is 4.16. The lowest BCUT2D eigenvalue weighted by Gasteiger charge is -2.12. The Balaban J connectivity index is 1.86. The van der Waals surface area contributed by atoms with E-state index in [1.807, 2.05) is 24.3 Å². The third kappa shape index (κ3) is 4.49. The average molecular weight is 377 g/mol. The fraction of sp³-hybridized carbons (Fsp3) is 0.118. The first kappa shape index (κ1) is 17.3. The summed E-state index contributed by atoms with van der Waals surface area (Å²) >= 11 is 12.3. The van der Waals surface area contributed by atoms with Crippen LogP contribution in [0.5, 0.6) is 5.75 Å². The van der Waals surface area contributed by atoms with Crippen LogP contribution in [0.15, 0.2) is 48.8 Å². The number of hydrogen-bond donors (Lipinski definition) is 0. The summed E-state index contributed by atoms with van der Waals surface area (Å²) in [7, 11) is 1.63. The lowest BCUT2D eigenvalue weighted by atomic mass is 10.2. The van der Waals surface area contributed by atoms with Gasteiger partial charge in [0.2, 0.25) is 0 Å². The van der Waals surface area contributed by atoms with E-state index in [2.05, 4.69) is 15.4 Å². The molecule has 0 aliphatic rings. The molecule has 1 aromatic heterocycles. The molecule has 0 saturated heterocycles. The third-order valence-electron chi connectivity index (χ3n) is 3.35. The third-order valence-corrected chi connectivity index (χ3v) is 3.90. The van der Waals surface area contributed by atoms with E-state index in [0.29, 0.717) is 28.0 Å². The first-order valence-electron chi connectivity index (χ1n) is 7.31. The molecule has 0 radical (unpaired) electrons. The molecular formula is C17H14Cl2N4O2. The summed E-state index contributed by atoms with van der Waals surface area (Å²) < 4.78 is 11.1. The molecule has 25 heavy (non-hydrogen) atoms. The van der Waals surface area contributed by atoms with Crippen molar-refractivity contribution in [2.75, 3.05) is 7.11 Å². The number of hydrogen-bond acceptors (Lipinski definition) is 5. The molecular weight excluding hydrogens is 363 g/mol. The Kier molecular flexibility index (Phi) is 5.53. The zero-order chi connectivity index (χ0) is 17.6. The van der Waals surface area contributed by atoms with E-state index in [1.54, 1.807) is 31.5 Å². The maximum Gasteiger partial charge on any atom is 0.162 e. The predicted molar refractivity (Wildman–Crippen MR) is 96.2 cm³/mol. The van der Waals surface area contributed by atoms with Gasteiger partial charge in [0.1, 0.15) is 18.1 Å². The molecule has 0 saturated carbocycles. The highest BCUT2D eigenvalue weighted by molar-refractivity contribution is 6.35. The second-order valence-corrected chi connectivity index (χ2v) is 5.85. The molecule has 3 aromatic rings. The van der Waals surface area contributed by atoms with Gasteiger partial charge < -0.3 is 9.47 Å². The van der Waals surface area contributed by atoms with Crippen molar-refractivity contribution in [2.24, 2.45) is 0 Å². The number of aromatic nitrogens is 4. The number of rotatable bonds is 6. The van der Waals surface area contributed by atoms with Crippen molar-refractivity contribution >= 4 is 35.2 Å². The van der Waals surface area contributed by atoms with Crippen LogP contribution in [0.3, 0.4) is 0 Å². The van der Waals surface area contributed by atoms with Crippen molar-refractivity contribution in [1.82, 2.24) is 20.2 Å². The van der Waals surface area contributed by atoms with Gasteiger partial charge in [0.15, 0.2) is 6.33 Å². The minimum absolute atomic E-state index is 0.337. The van der Waals surface area contributed by atoms with Crippen LogP contribution in [0, 0.1) is 0 Å². The van der Waals surface area contributed by atoms with Gasteiger partial charge in [0, 0.05) is 10.6 Å². The maximum absolute atomic E-state index is 6.30. The number of halogens is 2. The number of tetrazole rings is 1. The van der Waals surface area contributed by atoms with Crippen LogP contribution < -0.4 is 4.74 Å². The summed E-state index contributed by atoms with van der Waals surface area (Å²) in [6.07, 6.45) is 2.94. The Bertz CT molecular complexity index is 865. The molecule has 128 valence electrons. The number of nitrogens with zero attached hydrogens (tertiary/aromatic N) is 4. The highest BCUT2D eigenvalue weighted by Crippen LogP contribution is 2.29. The zero-order valence-electron chi connectivity index (χ0n) is 13.3. The fourth-order valence-corrected chi connectivity index (χ4v) is 2.60. The molecule has 3 rings (SSSR count). The summed E-state index contributed by atoms with van der Waals surface area (Å²) in [5, 5.41) is 12.5. The first-order chi connectivity index (χ1) is 12.2. The van der Waals surface area contributed by atoms with Crippen molar-refractivity contribution in [3.05, 3.63) is 70.0 Å². The van der Waals surface area contributed by atoms with E-state index in [-0.39, 0.29) is 0 Å².